The first-order valence-corrected chi connectivity index (χ1v) is 8.86. The minimum absolute atomic E-state index is 0.543. The van der Waals surface area contributed by atoms with Crippen molar-refractivity contribution in [2.75, 3.05) is 0 Å². The first-order valence-electron chi connectivity index (χ1n) is 7.10. The number of nitrogens with zero attached hydrogens (tertiary/aromatic N) is 6. The Kier molecular flexibility index (Phi) is 2.53. The topological polar surface area (TPSA) is 60.9 Å². The SMILES string of the molecule is Cc1nc2sccn2c1-c1nc(-c2cn(C3CC3)nn2)cs1. The lowest BCUT2D eigenvalue weighted by Gasteiger charge is -1.95. The molecule has 1 fully saturated rings. The fraction of sp³-hybridized carbons (Fsp3) is 0.286. The molecule has 0 atom stereocenters. The van der Waals surface area contributed by atoms with Crippen LogP contribution in [0.2, 0.25) is 0 Å². The average molecular weight is 328 g/mol. The van der Waals surface area contributed by atoms with Gasteiger partial charge >= 0.3 is 0 Å². The van der Waals surface area contributed by atoms with E-state index in [-0.39, 0.29) is 0 Å². The van der Waals surface area contributed by atoms with Crippen LogP contribution in [0.3, 0.4) is 0 Å². The molecule has 0 unspecified atom stereocenters. The lowest BCUT2D eigenvalue weighted by atomic mass is 10.3. The third-order valence-corrected chi connectivity index (χ3v) is 5.44. The quantitative estimate of drug-likeness (QED) is 0.578. The van der Waals surface area contributed by atoms with Gasteiger partial charge in [-0.2, -0.15) is 0 Å². The van der Waals surface area contributed by atoms with E-state index in [2.05, 4.69) is 19.7 Å². The van der Waals surface area contributed by atoms with Crippen molar-refractivity contribution in [2.45, 2.75) is 25.8 Å². The molecular formula is C14H12N6S2. The van der Waals surface area contributed by atoms with Gasteiger partial charge in [-0.3, -0.25) is 4.40 Å². The zero-order valence-corrected chi connectivity index (χ0v) is 13.4. The summed E-state index contributed by atoms with van der Waals surface area (Å²) < 4.78 is 4.05. The van der Waals surface area contributed by atoms with E-state index in [0.717, 1.165) is 32.7 Å². The summed E-state index contributed by atoms with van der Waals surface area (Å²) in [5, 5.41) is 13.5. The van der Waals surface area contributed by atoms with Crippen LogP contribution >= 0.6 is 22.7 Å². The fourth-order valence-electron chi connectivity index (χ4n) is 2.56. The van der Waals surface area contributed by atoms with Crippen LogP contribution in [0.1, 0.15) is 24.6 Å². The van der Waals surface area contributed by atoms with E-state index in [1.54, 1.807) is 22.7 Å². The monoisotopic (exact) mass is 328 g/mol. The molecule has 1 aliphatic carbocycles. The van der Waals surface area contributed by atoms with Gasteiger partial charge in [0.25, 0.3) is 0 Å². The molecule has 0 radical (unpaired) electrons. The summed E-state index contributed by atoms with van der Waals surface area (Å²) in [5.41, 5.74) is 3.81. The van der Waals surface area contributed by atoms with Gasteiger partial charge in [0.2, 0.25) is 0 Å². The molecule has 0 N–H and O–H groups in total. The van der Waals surface area contributed by atoms with E-state index < -0.39 is 0 Å². The van der Waals surface area contributed by atoms with Crippen molar-refractivity contribution in [3.63, 3.8) is 0 Å². The van der Waals surface area contributed by atoms with Crippen LogP contribution in [0, 0.1) is 6.92 Å². The van der Waals surface area contributed by atoms with Crippen molar-refractivity contribution in [2.24, 2.45) is 0 Å². The number of rotatable bonds is 3. The number of fused-ring (bicyclic) bond motifs is 1. The second-order valence-electron chi connectivity index (χ2n) is 5.45. The van der Waals surface area contributed by atoms with Crippen LogP contribution in [0.15, 0.2) is 23.2 Å². The highest BCUT2D eigenvalue weighted by atomic mass is 32.1. The molecule has 1 saturated carbocycles. The van der Waals surface area contributed by atoms with Crippen molar-refractivity contribution in [1.82, 2.24) is 29.4 Å². The molecule has 8 heteroatoms. The van der Waals surface area contributed by atoms with Gasteiger partial charge in [-0.25, -0.2) is 14.6 Å². The number of hydrogen-bond donors (Lipinski definition) is 0. The van der Waals surface area contributed by atoms with Crippen LogP contribution in [-0.4, -0.2) is 29.4 Å². The van der Waals surface area contributed by atoms with Crippen molar-refractivity contribution in [3.8, 4) is 22.1 Å². The van der Waals surface area contributed by atoms with Crippen molar-refractivity contribution >= 4 is 27.6 Å². The summed E-state index contributed by atoms with van der Waals surface area (Å²) in [6, 6.07) is 0.543. The summed E-state index contributed by atoms with van der Waals surface area (Å²) in [6.45, 7) is 2.03. The molecule has 5 rings (SSSR count). The smallest absolute Gasteiger partial charge is 0.194 e. The second-order valence-corrected chi connectivity index (χ2v) is 7.19. The van der Waals surface area contributed by atoms with Gasteiger partial charge in [0.15, 0.2) is 4.96 Å². The summed E-state index contributed by atoms with van der Waals surface area (Å²) in [4.78, 5) is 10.3. The Balaban J connectivity index is 1.57. The minimum atomic E-state index is 0.543. The fourth-order valence-corrected chi connectivity index (χ4v) is 4.23. The molecule has 22 heavy (non-hydrogen) atoms. The number of aryl methyl sites for hydroxylation is 1. The zero-order valence-electron chi connectivity index (χ0n) is 11.8. The molecule has 0 amide bonds. The van der Waals surface area contributed by atoms with Gasteiger partial charge in [0, 0.05) is 17.0 Å². The Morgan fingerprint density at radius 1 is 1.18 bits per heavy atom. The van der Waals surface area contributed by atoms with Crippen LogP contribution in [0.4, 0.5) is 0 Å². The summed E-state index contributed by atoms with van der Waals surface area (Å²) in [5.74, 6) is 0. The molecule has 0 aliphatic heterocycles. The molecule has 4 heterocycles. The first-order chi connectivity index (χ1) is 10.8. The lowest BCUT2D eigenvalue weighted by Crippen LogP contribution is -1.92. The predicted octanol–water partition coefficient (Wildman–Crippen LogP) is 3.42. The summed E-state index contributed by atoms with van der Waals surface area (Å²) in [7, 11) is 0. The predicted molar refractivity (Wildman–Crippen MR) is 86.2 cm³/mol. The maximum absolute atomic E-state index is 4.75. The van der Waals surface area contributed by atoms with Crippen LogP contribution in [-0.2, 0) is 0 Å². The van der Waals surface area contributed by atoms with Gasteiger partial charge in [-0.15, -0.1) is 27.8 Å². The van der Waals surface area contributed by atoms with E-state index in [9.17, 15) is 0 Å². The number of imidazole rings is 1. The molecule has 110 valence electrons. The van der Waals surface area contributed by atoms with E-state index >= 15 is 0 Å². The molecule has 4 aromatic rings. The zero-order chi connectivity index (χ0) is 14.7. The molecule has 1 aliphatic rings. The van der Waals surface area contributed by atoms with E-state index in [1.807, 2.05) is 34.8 Å². The van der Waals surface area contributed by atoms with Gasteiger partial charge in [0.1, 0.15) is 22.1 Å². The number of thiazole rings is 2. The third kappa shape index (κ3) is 1.84. The van der Waals surface area contributed by atoms with Crippen LogP contribution in [0.25, 0.3) is 27.1 Å². The van der Waals surface area contributed by atoms with Crippen LogP contribution in [0.5, 0.6) is 0 Å². The van der Waals surface area contributed by atoms with Gasteiger partial charge in [-0.1, -0.05) is 5.21 Å². The Morgan fingerprint density at radius 3 is 2.95 bits per heavy atom. The molecule has 0 saturated heterocycles. The largest absolute Gasteiger partial charge is 0.288 e. The Labute approximate surface area is 134 Å². The third-order valence-electron chi connectivity index (χ3n) is 3.84. The molecule has 4 aromatic heterocycles. The van der Waals surface area contributed by atoms with E-state index in [0.29, 0.717) is 6.04 Å². The summed E-state index contributed by atoms with van der Waals surface area (Å²) in [6.07, 6.45) is 6.45. The highest BCUT2D eigenvalue weighted by Crippen LogP contribution is 2.35. The second kappa shape index (κ2) is 4.47. The average Bonchev–Trinajstić information content (AvgIpc) is 2.90. The number of aromatic nitrogens is 6. The Hall–Kier alpha value is -2.06. The van der Waals surface area contributed by atoms with Crippen LogP contribution < -0.4 is 0 Å². The van der Waals surface area contributed by atoms with E-state index in [1.165, 1.54) is 12.8 Å². The van der Waals surface area contributed by atoms with Gasteiger partial charge < -0.3 is 0 Å². The van der Waals surface area contributed by atoms with Crippen molar-refractivity contribution < 1.29 is 0 Å². The normalized spacial score (nSPS) is 15.0. The standard InChI is InChI=1S/C14H12N6S2/c1-8-12(19-4-5-21-14(19)15-8)13-16-11(7-22-13)10-6-20(18-17-10)9-2-3-9/h4-7,9H,2-3H2,1H3. The molecule has 0 aromatic carbocycles. The summed E-state index contributed by atoms with van der Waals surface area (Å²) >= 11 is 3.26. The highest BCUT2D eigenvalue weighted by molar-refractivity contribution is 7.15. The lowest BCUT2D eigenvalue weighted by molar-refractivity contribution is 0.610. The number of hydrogen-bond acceptors (Lipinski definition) is 6. The molecule has 0 bridgehead atoms. The maximum atomic E-state index is 4.75. The minimum Gasteiger partial charge on any atom is -0.288 e. The molecule has 0 spiro atoms. The van der Waals surface area contributed by atoms with E-state index in [4.69, 9.17) is 4.98 Å². The highest BCUT2D eigenvalue weighted by Gasteiger charge is 2.25. The van der Waals surface area contributed by atoms with Crippen molar-refractivity contribution in [1.29, 1.82) is 0 Å². The Bertz CT molecular complexity index is 971. The maximum Gasteiger partial charge on any atom is 0.194 e. The Morgan fingerprint density at radius 2 is 2.09 bits per heavy atom. The van der Waals surface area contributed by atoms with Gasteiger partial charge in [0.05, 0.1) is 17.9 Å². The van der Waals surface area contributed by atoms with Gasteiger partial charge in [-0.05, 0) is 19.8 Å². The molecule has 6 nitrogen and oxygen atoms in total. The van der Waals surface area contributed by atoms with Crippen molar-refractivity contribution in [3.05, 3.63) is 28.8 Å². The molecular weight excluding hydrogens is 316 g/mol. The first kappa shape index (κ1) is 12.5.